The van der Waals surface area contributed by atoms with Crippen molar-refractivity contribution in [2.75, 3.05) is 0 Å². The first-order chi connectivity index (χ1) is 7.15. The summed E-state index contributed by atoms with van der Waals surface area (Å²) in [5, 5.41) is 0. The summed E-state index contributed by atoms with van der Waals surface area (Å²) in [7, 11) is -2.47. The van der Waals surface area contributed by atoms with Gasteiger partial charge in [-0.25, -0.2) is 5.48 Å². The molecule has 2 amide bonds. The second-order valence-corrected chi connectivity index (χ2v) is 7.53. The van der Waals surface area contributed by atoms with E-state index in [0.717, 1.165) is 0 Å². The third-order valence-electron chi connectivity index (χ3n) is 1.59. The van der Waals surface area contributed by atoms with Crippen LogP contribution in [-0.4, -0.2) is 20.3 Å². The molecule has 0 aromatic rings. The van der Waals surface area contributed by atoms with E-state index in [1.807, 2.05) is 0 Å². The molecule has 0 spiro atoms. The number of carbonyl (C=O) groups excluding carboxylic acids is 2. The number of hydrogen-bond donors (Lipinski definition) is 2. The highest BCUT2D eigenvalue weighted by Crippen LogP contribution is 2.00. The third kappa shape index (κ3) is 5.47. The minimum atomic E-state index is -2.47. The highest BCUT2D eigenvalue weighted by atomic mass is 28.4. The largest absolute Gasteiger partial charge is 0.355 e. The Balaban J connectivity index is 4.25. The molecule has 90 valence electrons. The Bertz CT molecular complexity index is 337. The normalized spacial score (nSPS) is 10.5. The average Bonchev–Trinajstić information content (AvgIpc) is 2.13. The predicted octanol–water partition coefficient (Wildman–Crippen LogP) is 1.00. The minimum Gasteiger partial charge on any atom is -0.355 e. The molecule has 0 radical (unpaired) electrons. The molecule has 2 N–H and O–H groups in total. The fraction of sp³-hybridized carbons (Fsp3) is 0.400. The monoisotopic (exact) mass is 242 g/mol. The van der Waals surface area contributed by atoms with Crippen LogP contribution in [0.25, 0.3) is 0 Å². The van der Waals surface area contributed by atoms with Crippen LogP contribution in [0.2, 0.25) is 13.1 Å². The molecule has 0 aliphatic rings. The van der Waals surface area contributed by atoms with Gasteiger partial charge >= 0.3 is 8.48 Å². The van der Waals surface area contributed by atoms with Gasteiger partial charge in [0.25, 0.3) is 5.91 Å². The lowest BCUT2D eigenvalue weighted by Crippen LogP contribution is -2.54. The smallest absolute Gasteiger partial charge is 0.324 e. The van der Waals surface area contributed by atoms with Crippen molar-refractivity contribution in [2.45, 2.75) is 26.9 Å². The van der Waals surface area contributed by atoms with E-state index in [-0.39, 0.29) is 5.91 Å². The molecule has 0 saturated heterocycles. The molecule has 0 aliphatic heterocycles. The zero-order valence-corrected chi connectivity index (χ0v) is 11.1. The summed E-state index contributed by atoms with van der Waals surface area (Å²) in [4.78, 5) is 25.2. The Kier molecular flexibility index (Phi) is 5.13. The summed E-state index contributed by atoms with van der Waals surface area (Å²) < 4.78 is 5.18. The third-order valence-corrected chi connectivity index (χ3v) is 3.03. The van der Waals surface area contributed by atoms with Crippen LogP contribution in [0.15, 0.2) is 24.3 Å². The Morgan fingerprint density at radius 1 is 1.06 bits per heavy atom. The fourth-order valence-electron chi connectivity index (χ4n) is 0.667. The second kappa shape index (κ2) is 5.62. The summed E-state index contributed by atoms with van der Waals surface area (Å²) in [6.07, 6.45) is 0. The SMILES string of the molecule is C=C(C)C(=O)NO[Si](C)(C)NC(=O)C(=C)C. The summed E-state index contributed by atoms with van der Waals surface area (Å²) in [5.74, 6) is -0.675. The van der Waals surface area contributed by atoms with Crippen LogP contribution in [0.5, 0.6) is 0 Å². The van der Waals surface area contributed by atoms with Gasteiger partial charge in [0.15, 0.2) is 0 Å². The van der Waals surface area contributed by atoms with Crippen LogP contribution >= 0.6 is 0 Å². The topological polar surface area (TPSA) is 67.4 Å². The van der Waals surface area contributed by atoms with E-state index < -0.39 is 14.4 Å². The van der Waals surface area contributed by atoms with Crippen molar-refractivity contribution in [3.63, 3.8) is 0 Å². The van der Waals surface area contributed by atoms with Crippen molar-refractivity contribution in [3.05, 3.63) is 24.3 Å². The number of hydrogen-bond acceptors (Lipinski definition) is 3. The molecule has 0 aromatic carbocycles. The van der Waals surface area contributed by atoms with E-state index in [9.17, 15) is 9.59 Å². The number of hydroxylamine groups is 1. The summed E-state index contributed by atoms with van der Waals surface area (Å²) in [6.45, 7) is 13.6. The van der Waals surface area contributed by atoms with Gasteiger partial charge in [0.1, 0.15) is 0 Å². The van der Waals surface area contributed by atoms with Crippen molar-refractivity contribution in [1.82, 2.24) is 10.5 Å². The van der Waals surface area contributed by atoms with Crippen molar-refractivity contribution in [1.29, 1.82) is 0 Å². The predicted molar refractivity (Wildman–Crippen MR) is 64.5 cm³/mol. The Morgan fingerprint density at radius 3 is 1.88 bits per heavy atom. The molecular formula is C10H18N2O3Si. The van der Waals surface area contributed by atoms with E-state index in [2.05, 4.69) is 23.6 Å². The molecule has 5 nitrogen and oxygen atoms in total. The van der Waals surface area contributed by atoms with Crippen LogP contribution in [0.4, 0.5) is 0 Å². The number of amides is 2. The van der Waals surface area contributed by atoms with Crippen LogP contribution < -0.4 is 10.5 Å². The van der Waals surface area contributed by atoms with E-state index in [4.69, 9.17) is 4.53 Å². The summed E-state index contributed by atoms with van der Waals surface area (Å²) >= 11 is 0. The summed E-state index contributed by atoms with van der Waals surface area (Å²) in [6, 6.07) is 0. The highest BCUT2D eigenvalue weighted by Gasteiger charge is 2.27. The first-order valence-electron chi connectivity index (χ1n) is 4.77. The van der Waals surface area contributed by atoms with Crippen molar-refractivity contribution >= 4 is 20.3 Å². The molecule has 0 heterocycles. The van der Waals surface area contributed by atoms with Gasteiger partial charge in [0, 0.05) is 11.1 Å². The van der Waals surface area contributed by atoms with Gasteiger partial charge in [0.05, 0.1) is 0 Å². The van der Waals surface area contributed by atoms with Gasteiger partial charge < -0.3 is 4.98 Å². The number of rotatable bonds is 5. The molecule has 0 aromatic heterocycles. The zero-order chi connectivity index (χ0) is 12.9. The average molecular weight is 242 g/mol. The standard InChI is InChI=1S/C10H18N2O3Si/c1-7(2)9(13)11-15-16(5,6)12-10(14)8(3)4/h1,3H2,2,4-6H3,(H,11,13)(H,12,14). The maximum atomic E-state index is 11.4. The lowest BCUT2D eigenvalue weighted by molar-refractivity contribution is -0.125. The molecule has 0 rings (SSSR count). The maximum absolute atomic E-state index is 11.4. The Morgan fingerprint density at radius 2 is 1.50 bits per heavy atom. The quantitative estimate of drug-likeness (QED) is 0.429. The van der Waals surface area contributed by atoms with Crippen LogP contribution in [0, 0.1) is 0 Å². The molecule has 16 heavy (non-hydrogen) atoms. The molecule has 6 heteroatoms. The lowest BCUT2D eigenvalue weighted by Gasteiger charge is -2.23. The van der Waals surface area contributed by atoms with Gasteiger partial charge in [-0.1, -0.05) is 13.2 Å². The molecular weight excluding hydrogens is 224 g/mol. The number of carbonyl (C=O) groups is 2. The maximum Gasteiger partial charge on any atom is 0.324 e. The zero-order valence-electron chi connectivity index (χ0n) is 10.1. The van der Waals surface area contributed by atoms with Crippen molar-refractivity contribution < 1.29 is 14.1 Å². The first kappa shape index (κ1) is 14.6. The van der Waals surface area contributed by atoms with Crippen molar-refractivity contribution in [3.8, 4) is 0 Å². The molecule has 0 aliphatic carbocycles. The summed E-state index contributed by atoms with van der Waals surface area (Å²) in [5.41, 5.74) is 2.99. The van der Waals surface area contributed by atoms with Crippen molar-refractivity contribution in [2.24, 2.45) is 0 Å². The molecule has 0 fully saturated rings. The van der Waals surface area contributed by atoms with Gasteiger partial charge in [0.2, 0.25) is 5.91 Å². The molecule has 0 atom stereocenters. The minimum absolute atomic E-state index is 0.277. The van der Waals surface area contributed by atoms with E-state index in [1.54, 1.807) is 26.9 Å². The van der Waals surface area contributed by atoms with Gasteiger partial charge in [-0.2, -0.15) is 0 Å². The van der Waals surface area contributed by atoms with Gasteiger partial charge in [-0.3, -0.25) is 14.1 Å². The molecule has 0 unspecified atom stereocenters. The first-order valence-corrected chi connectivity index (χ1v) is 7.68. The highest BCUT2D eigenvalue weighted by molar-refractivity contribution is 6.71. The second-order valence-electron chi connectivity index (χ2n) is 4.06. The van der Waals surface area contributed by atoms with Crippen LogP contribution in [0.3, 0.4) is 0 Å². The van der Waals surface area contributed by atoms with E-state index >= 15 is 0 Å². The van der Waals surface area contributed by atoms with Crippen LogP contribution in [0.1, 0.15) is 13.8 Å². The van der Waals surface area contributed by atoms with E-state index in [0.29, 0.717) is 11.1 Å². The Hall–Kier alpha value is -1.40. The molecule has 0 bridgehead atoms. The van der Waals surface area contributed by atoms with E-state index in [1.165, 1.54) is 0 Å². The van der Waals surface area contributed by atoms with Gasteiger partial charge in [-0.15, -0.1) is 0 Å². The Labute approximate surface area is 96.7 Å². The lowest BCUT2D eigenvalue weighted by atomic mass is 10.3. The number of nitrogens with one attached hydrogen (secondary N) is 2. The van der Waals surface area contributed by atoms with Gasteiger partial charge in [-0.05, 0) is 26.9 Å². The fourth-order valence-corrected chi connectivity index (χ4v) is 1.83. The van der Waals surface area contributed by atoms with Crippen LogP contribution in [-0.2, 0) is 14.1 Å². The molecule has 0 saturated carbocycles.